The molecule has 0 bridgehead atoms. The van der Waals surface area contributed by atoms with E-state index in [1.54, 1.807) is 0 Å². The van der Waals surface area contributed by atoms with Gasteiger partial charge in [-0.1, -0.05) is 39.0 Å². The van der Waals surface area contributed by atoms with E-state index in [2.05, 4.69) is 82.2 Å². The number of pyridine rings is 1. The standard InChI is InChI=1S/C21H25N5/c1-21(2,3)19-8-9-20(24-23-19)26-14-12-25(13-15-26)18-10-11-22-17-7-5-4-6-16(17)18/h4-11H,12-15H2,1-3H3. The van der Waals surface area contributed by atoms with E-state index in [1.165, 1.54) is 11.1 Å². The van der Waals surface area contributed by atoms with Crippen molar-refractivity contribution in [2.45, 2.75) is 26.2 Å². The van der Waals surface area contributed by atoms with E-state index in [-0.39, 0.29) is 5.41 Å². The largest absolute Gasteiger partial charge is 0.367 e. The molecule has 3 heterocycles. The van der Waals surface area contributed by atoms with Crippen molar-refractivity contribution >= 4 is 22.4 Å². The van der Waals surface area contributed by atoms with Gasteiger partial charge in [-0.15, -0.1) is 5.10 Å². The molecule has 4 rings (SSSR count). The average molecular weight is 347 g/mol. The number of benzene rings is 1. The lowest BCUT2D eigenvalue weighted by Gasteiger charge is -2.37. The molecule has 134 valence electrons. The van der Waals surface area contributed by atoms with Crippen LogP contribution in [0.25, 0.3) is 10.9 Å². The zero-order valence-electron chi connectivity index (χ0n) is 15.7. The maximum atomic E-state index is 4.47. The number of anilines is 2. The molecule has 3 aromatic rings. The van der Waals surface area contributed by atoms with Crippen molar-refractivity contribution in [3.63, 3.8) is 0 Å². The summed E-state index contributed by atoms with van der Waals surface area (Å²) < 4.78 is 0. The van der Waals surface area contributed by atoms with E-state index in [4.69, 9.17) is 0 Å². The normalized spacial score (nSPS) is 15.5. The SMILES string of the molecule is CC(C)(C)c1ccc(N2CCN(c3ccnc4ccccc34)CC2)nn1. The molecule has 1 aliphatic heterocycles. The molecule has 0 unspecified atom stereocenters. The van der Waals surface area contributed by atoms with Gasteiger partial charge in [0.15, 0.2) is 5.82 Å². The third kappa shape index (κ3) is 3.21. The number of hydrogen-bond donors (Lipinski definition) is 0. The molecule has 0 spiro atoms. The number of para-hydroxylation sites is 1. The summed E-state index contributed by atoms with van der Waals surface area (Å²) in [6, 6.07) is 14.7. The summed E-state index contributed by atoms with van der Waals surface area (Å²) >= 11 is 0. The van der Waals surface area contributed by atoms with Gasteiger partial charge in [0, 0.05) is 48.9 Å². The van der Waals surface area contributed by atoms with Crippen molar-refractivity contribution in [2.24, 2.45) is 0 Å². The first-order valence-corrected chi connectivity index (χ1v) is 9.20. The highest BCUT2D eigenvalue weighted by molar-refractivity contribution is 5.91. The van der Waals surface area contributed by atoms with E-state index < -0.39 is 0 Å². The molecule has 0 atom stereocenters. The molecule has 5 heteroatoms. The summed E-state index contributed by atoms with van der Waals surface area (Å²) in [6.45, 7) is 10.3. The minimum Gasteiger partial charge on any atom is -0.367 e. The van der Waals surface area contributed by atoms with Gasteiger partial charge in [-0.3, -0.25) is 4.98 Å². The fourth-order valence-corrected chi connectivity index (χ4v) is 3.43. The van der Waals surface area contributed by atoms with Crippen LogP contribution in [-0.4, -0.2) is 41.4 Å². The minimum absolute atomic E-state index is 0.0344. The second-order valence-electron chi connectivity index (χ2n) is 7.85. The number of nitrogens with zero attached hydrogens (tertiary/aromatic N) is 5. The molecule has 0 amide bonds. The Bertz CT molecular complexity index is 885. The Morgan fingerprint density at radius 3 is 2.23 bits per heavy atom. The second-order valence-corrected chi connectivity index (χ2v) is 7.85. The van der Waals surface area contributed by atoms with Crippen molar-refractivity contribution in [2.75, 3.05) is 36.0 Å². The lowest BCUT2D eigenvalue weighted by atomic mass is 9.92. The molecule has 1 aromatic carbocycles. The van der Waals surface area contributed by atoms with Gasteiger partial charge in [-0.05, 0) is 24.3 Å². The number of piperazine rings is 1. The zero-order valence-corrected chi connectivity index (χ0v) is 15.7. The summed E-state index contributed by atoms with van der Waals surface area (Å²) in [5.74, 6) is 0.970. The van der Waals surface area contributed by atoms with Crippen LogP contribution in [0.15, 0.2) is 48.7 Å². The van der Waals surface area contributed by atoms with Gasteiger partial charge in [0.1, 0.15) is 0 Å². The van der Waals surface area contributed by atoms with E-state index in [1.807, 2.05) is 12.3 Å². The number of hydrogen-bond acceptors (Lipinski definition) is 5. The van der Waals surface area contributed by atoms with Gasteiger partial charge in [0.25, 0.3) is 0 Å². The summed E-state index contributed by atoms with van der Waals surface area (Å²) in [7, 11) is 0. The number of rotatable bonds is 2. The lowest BCUT2D eigenvalue weighted by Crippen LogP contribution is -2.47. The lowest BCUT2D eigenvalue weighted by molar-refractivity contribution is 0.556. The molecule has 0 aliphatic carbocycles. The molecule has 5 nitrogen and oxygen atoms in total. The van der Waals surface area contributed by atoms with Crippen LogP contribution in [0.4, 0.5) is 11.5 Å². The Kier molecular flexibility index (Phi) is 4.23. The Labute approximate surface area is 154 Å². The van der Waals surface area contributed by atoms with Gasteiger partial charge in [0.05, 0.1) is 11.2 Å². The van der Waals surface area contributed by atoms with Crippen LogP contribution >= 0.6 is 0 Å². The molecule has 26 heavy (non-hydrogen) atoms. The summed E-state index contributed by atoms with van der Waals surface area (Å²) in [4.78, 5) is 9.23. The summed E-state index contributed by atoms with van der Waals surface area (Å²) in [6.07, 6.45) is 1.90. The first-order chi connectivity index (χ1) is 12.5. The second kappa shape index (κ2) is 6.56. The van der Waals surface area contributed by atoms with Gasteiger partial charge in [0.2, 0.25) is 0 Å². The van der Waals surface area contributed by atoms with E-state index >= 15 is 0 Å². The molecule has 0 N–H and O–H groups in total. The maximum Gasteiger partial charge on any atom is 0.151 e. The minimum atomic E-state index is 0.0344. The van der Waals surface area contributed by atoms with Crippen LogP contribution in [0.1, 0.15) is 26.5 Å². The fraction of sp³-hybridized carbons (Fsp3) is 0.381. The maximum absolute atomic E-state index is 4.47. The predicted molar refractivity (Wildman–Crippen MR) is 107 cm³/mol. The summed E-state index contributed by atoms with van der Waals surface area (Å²) in [5.41, 5.74) is 3.38. The predicted octanol–water partition coefficient (Wildman–Crippen LogP) is 3.65. The third-order valence-electron chi connectivity index (χ3n) is 4.99. The van der Waals surface area contributed by atoms with Crippen LogP contribution in [0.2, 0.25) is 0 Å². The van der Waals surface area contributed by atoms with Crippen molar-refractivity contribution in [1.82, 2.24) is 15.2 Å². The van der Waals surface area contributed by atoms with Crippen LogP contribution < -0.4 is 9.80 Å². The highest BCUT2D eigenvalue weighted by atomic mass is 15.3. The zero-order chi connectivity index (χ0) is 18.1. The van der Waals surface area contributed by atoms with Gasteiger partial charge >= 0.3 is 0 Å². The quantitative estimate of drug-likeness (QED) is 0.708. The Morgan fingerprint density at radius 2 is 1.54 bits per heavy atom. The molecule has 0 saturated carbocycles. The topological polar surface area (TPSA) is 45.2 Å². The van der Waals surface area contributed by atoms with E-state index in [0.29, 0.717) is 0 Å². The van der Waals surface area contributed by atoms with E-state index in [0.717, 1.165) is 43.2 Å². The van der Waals surface area contributed by atoms with Crippen LogP contribution in [-0.2, 0) is 5.41 Å². The Hall–Kier alpha value is -2.69. The van der Waals surface area contributed by atoms with Crippen molar-refractivity contribution < 1.29 is 0 Å². The first-order valence-electron chi connectivity index (χ1n) is 9.20. The highest BCUT2D eigenvalue weighted by Crippen LogP contribution is 2.27. The van der Waals surface area contributed by atoms with Gasteiger partial charge in [-0.2, -0.15) is 5.10 Å². The molecule has 1 fully saturated rings. The van der Waals surface area contributed by atoms with Gasteiger partial charge < -0.3 is 9.80 Å². The molecular formula is C21H25N5. The van der Waals surface area contributed by atoms with Gasteiger partial charge in [-0.25, -0.2) is 0 Å². The summed E-state index contributed by atoms with van der Waals surface area (Å²) in [5, 5.41) is 10.1. The Balaban J connectivity index is 1.49. The number of fused-ring (bicyclic) bond motifs is 1. The Morgan fingerprint density at radius 1 is 0.808 bits per heavy atom. The third-order valence-corrected chi connectivity index (χ3v) is 4.99. The average Bonchev–Trinajstić information content (AvgIpc) is 2.67. The van der Waals surface area contributed by atoms with Crippen LogP contribution in [0.3, 0.4) is 0 Å². The molecule has 1 aliphatic rings. The molecular weight excluding hydrogens is 322 g/mol. The van der Waals surface area contributed by atoms with E-state index in [9.17, 15) is 0 Å². The monoisotopic (exact) mass is 347 g/mol. The molecule has 2 aromatic heterocycles. The highest BCUT2D eigenvalue weighted by Gasteiger charge is 2.21. The molecule has 0 radical (unpaired) electrons. The smallest absolute Gasteiger partial charge is 0.151 e. The first kappa shape index (κ1) is 16.8. The van der Waals surface area contributed by atoms with Crippen molar-refractivity contribution in [1.29, 1.82) is 0 Å². The number of aromatic nitrogens is 3. The van der Waals surface area contributed by atoms with Crippen molar-refractivity contribution in [3.8, 4) is 0 Å². The fourth-order valence-electron chi connectivity index (χ4n) is 3.43. The van der Waals surface area contributed by atoms with Crippen molar-refractivity contribution in [3.05, 3.63) is 54.4 Å². The molecule has 1 saturated heterocycles. The van der Waals surface area contributed by atoms with Crippen LogP contribution in [0, 0.1) is 0 Å². The van der Waals surface area contributed by atoms with Crippen LogP contribution in [0.5, 0.6) is 0 Å².